The molecule has 1 N–H and O–H groups in total. The number of piperidine rings is 1. The summed E-state index contributed by atoms with van der Waals surface area (Å²) in [4.78, 5) is 25.5. The number of carbonyl (C=O) groups excluding carboxylic acids is 1. The Balaban J connectivity index is 1.28. The maximum absolute atomic E-state index is 11.8. The standard InChI is InChI=1S/C22H28N4O6/c1-22(2,3)31-21(27)32-26-8-6-16(7-9-26)30-20-13-19(23-14-24-20)25-15-4-5-17-18(12-15)29-11-10-28-17/h4-5,12-14,16H,6-11H2,1-3H3,(H,23,24,25). The van der Waals surface area contributed by atoms with Crippen LogP contribution in [0, 0.1) is 0 Å². The molecule has 2 aliphatic rings. The van der Waals surface area contributed by atoms with Gasteiger partial charge in [0.25, 0.3) is 0 Å². The van der Waals surface area contributed by atoms with Crippen molar-refractivity contribution in [2.24, 2.45) is 0 Å². The number of carbonyl (C=O) groups is 1. The van der Waals surface area contributed by atoms with Crippen LogP contribution in [0.25, 0.3) is 0 Å². The SMILES string of the molecule is CC(C)(C)OC(=O)ON1CCC(Oc2cc(Nc3ccc4c(c3)OCCO4)ncn2)CC1. The molecule has 0 radical (unpaired) electrons. The van der Waals surface area contributed by atoms with Crippen molar-refractivity contribution in [2.75, 3.05) is 31.6 Å². The normalized spacial score (nSPS) is 16.8. The lowest BCUT2D eigenvalue weighted by Gasteiger charge is -2.30. The number of nitrogens with zero attached hydrogens (tertiary/aromatic N) is 3. The molecule has 0 unspecified atom stereocenters. The molecule has 0 bridgehead atoms. The van der Waals surface area contributed by atoms with Crippen molar-refractivity contribution < 1.29 is 28.6 Å². The van der Waals surface area contributed by atoms with Crippen LogP contribution in [-0.4, -0.2) is 59.2 Å². The largest absolute Gasteiger partial charge is 0.528 e. The summed E-state index contributed by atoms with van der Waals surface area (Å²) in [5.74, 6) is 2.52. The number of rotatable bonds is 5. The monoisotopic (exact) mass is 444 g/mol. The van der Waals surface area contributed by atoms with Crippen molar-refractivity contribution in [3.05, 3.63) is 30.6 Å². The molecule has 172 valence electrons. The minimum absolute atomic E-state index is 0.0365. The van der Waals surface area contributed by atoms with Gasteiger partial charge in [-0.1, -0.05) is 0 Å². The third kappa shape index (κ3) is 6.13. The van der Waals surface area contributed by atoms with E-state index in [1.165, 1.54) is 6.33 Å². The van der Waals surface area contributed by atoms with Gasteiger partial charge in [0.15, 0.2) is 11.5 Å². The average Bonchev–Trinajstić information content (AvgIpc) is 2.74. The Hall–Kier alpha value is -3.27. The number of hydrogen-bond acceptors (Lipinski definition) is 10. The van der Waals surface area contributed by atoms with Gasteiger partial charge in [-0.15, -0.1) is 5.06 Å². The van der Waals surface area contributed by atoms with Crippen LogP contribution in [-0.2, 0) is 9.57 Å². The summed E-state index contributed by atoms with van der Waals surface area (Å²) in [7, 11) is 0. The highest BCUT2D eigenvalue weighted by atomic mass is 16.8. The number of hydrogen-bond donors (Lipinski definition) is 1. The fourth-order valence-electron chi connectivity index (χ4n) is 3.33. The highest BCUT2D eigenvalue weighted by Gasteiger charge is 2.26. The zero-order valence-electron chi connectivity index (χ0n) is 18.5. The Morgan fingerprint density at radius 1 is 1.09 bits per heavy atom. The molecule has 1 saturated heterocycles. The van der Waals surface area contributed by atoms with Crippen molar-refractivity contribution in [1.29, 1.82) is 0 Å². The Bertz CT molecular complexity index is 940. The van der Waals surface area contributed by atoms with Gasteiger partial charge < -0.3 is 29.1 Å². The number of aromatic nitrogens is 2. The van der Waals surface area contributed by atoms with Gasteiger partial charge in [0.1, 0.15) is 37.1 Å². The van der Waals surface area contributed by atoms with E-state index in [1.807, 2.05) is 18.2 Å². The lowest BCUT2D eigenvalue weighted by molar-refractivity contribution is -0.159. The fraction of sp³-hybridized carbons (Fsp3) is 0.500. The Morgan fingerprint density at radius 3 is 2.59 bits per heavy atom. The Labute approximate surface area is 186 Å². The summed E-state index contributed by atoms with van der Waals surface area (Å²) in [5, 5.41) is 4.83. The van der Waals surface area contributed by atoms with E-state index >= 15 is 0 Å². The third-order valence-electron chi connectivity index (χ3n) is 4.74. The molecule has 1 aromatic carbocycles. The Morgan fingerprint density at radius 2 is 1.84 bits per heavy atom. The van der Waals surface area contributed by atoms with Crippen LogP contribution in [0.4, 0.5) is 16.3 Å². The molecular formula is C22H28N4O6. The van der Waals surface area contributed by atoms with Crippen LogP contribution in [0.15, 0.2) is 30.6 Å². The average molecular weight is 444 g/mol. The van der Waals surface area contributed by atoms with Crippen LogP contribution in [0.3, 0.4) is 0 Å². The van der Waals surface area contributed by atoms with Gasteiger partial charge in [-0.25, -0.2) is 14.8 Å². The van der Waals surface area contributed by atoms with E-state index < -0.39 is 11.8 Å². The zero-order valence-corrected chi connectivity index (χ0v) is 18.5. The molecule has 2 aliphatic heterocycles. The van der Waals surface area contributed by atoms with E-state index in [1.54, 1.807) is 31.9 Å². The zero-order chi connectivity index (χ0) is 22.6. The van der Waals surface area contributed by atoms with E-state index in [2.05, 4.69) is 15.3 Å². The number of benzene rings is 1. The van der Waals surface area contributed by atoms with Crippen LogP contribution >= 0.6 is 0 Å². The number of fused-ring (bicyclic) bond motifs is 1. The number of anilines is 2. The van der Waals surface area contributed by atoms with Crippen molar-refractivity contribution in [3.8, 4) is 17.4 Å². The first kappa shape index (κ1) is 21.9. The van der Waals surface area contributed by atoms with Crippen LogP contribution in [0.2, 0.25) is 0 Å². The van der Waals surface area contributed by atoms with Crippen LogP contribution in [0.5, 0.6) is 17.4 Å². The first-order valence-corrected chi connectivity index (χ1v) is 10.7. The molecule has 0 amide bonds. The number of ether oxygens (including phenoxy) is 4. The summed E-state index contributed by atoms with van der Waals surface area (Å²) in [6, 6.07) is 7.39. The van der Waals surface area contributed by atoms with E-state index in [9.17, 15) is 4.79 Å². The predicted molar refractivity (Wildman–Crippen MR) is 115 cm³/mol. The van der Waals surface area contributed by atoms with Gasteiger partial charge in [-0.3, -0.25) is 0 Å². The molecule has 1 aromatic heterocycles. The van der Waals surface area contributed by atoms with Gasteiger partial charge in [-0.2, -0.15) is 0 Å². The van der Waals surface area contributed by atoms with Crippen LogP contribution in [0.1, 0.15) is 33.6 Å². The highest BCUT2D eigenvalue weighted by Crippen LogP contribution is 2.33. The number of hydroxylamine groups is 2. The summed E-state index contributed by atoms with van der Waals surface area (Å²) in [6.07, 6.45) is 2.11. The van der Waals surface area contributed by atoms with Crippen molar-refractivity contribution in [1.82, 2.24) is 15.0 Å². The minimum Gasteiger partial charge on any atom is -0.486 e. The molecule has 0 saturated carbocycles. The van der Waals surface area contributed by atoms with Gasteiger partial charge in [0.2, 0.25) is 5.88 Å². The second-order valence-electron chi connectivity index (χ2n) is 8.53. The first-order chi connectivity index (χ1) is 15.3. The topological polar surface area (TPSA) is 104 Å². The predicted octanol–water partition coefficient (Wildman–Crippen LogP) is 3.70. The minimum atomic E-state index is -0.692. The molecule has 1 fully saturated rings. The molecule has 32 heavy (non-hydrogen) atoms. The van der Waals surface area contributed by atoms with Crippen LogP contribution < -0.4 is 19.5 Å². The smallest absolute Gasteiger partial charge is 0.486 e. The lowest BCUT2D eigenvalue weighted by atomic mass is 10.1. The van der Waals surface area contributed by atoms with Gasteiger partial charge in [0.05, 0.1) is 0 Å². The van der Waals surface area contributed by atoms with E-state index in [0.717, 1.165) is 11.4 Å². The van der Waals surface area contributed by atoms with Crippen molar-refractivity contribution in [3.63, 3.8) is 0 Å². The van der Waals surface area contributed by atoms with E-state index in [0.29, 0.717) is 56.6 Å². The van der Waals surface area contributed by atoms with Gasteiger partial charge >= 0.3 is 6.16 Å². The first-order valence-electron chi connectivity index (χ1n) is 10.7. The molecule has 0 spiro atoms. The molecular weight excluding hydrogens is 416 g/mol. The maximum Gasteiger partial charge on any atom is 0.528 e. The van der Waals surface area contributed by atoms with E-state index in [-0.39, 0.29) is 6.10 Å². The molecule has 10 nitrogen and oxygen atoms in total. The second kappa shape index (κ2) is 9.47. The maximum atomic E-state index is 11.8. The molecule has 0 atom stereocenters. The van der Waals surface area contributed by atoms with E-state index in [4.69, 9.17) is 23.8 Å². The van der Waals surface area contributed by atoms with Gasteiger partial charge in [-0.05, 0) is 32.9 Å². The summed E-state index contributed by atoms with van der Waals surface area (Å²) in [6.45, 7) is 7.59. The van der Waals surface area contributed by atoms with Crippen molar-refractivity contribution >= 4 is 17.7 Å². The lowest BCUT2D eigenvalue weighted by Crippen LogP contribution is -2.40. The molecule has 3 heterocycles. The quantitative estimate of drug-likeness (QED) is 0.686. The highest BCUT2D eigenvalue weighted by molar-refractivity contribution is 5.62. The summed E-state index contributed by atoms with van der Waals surface area (Å²) < 4.78 is 22.4. The number of nitrogens with one attached hydrogen (secondary N) is 1. The van der Waals surface area contributed by atoms with Gasteiger partial charge in [0, 0.05) is 43.8 Å². The fourth-order valence-corrected chi connectivity index (χ4v) is 3.33. The third-order valence-corrected chi connectivity index (χ3v) is 4.74. The molecule has 4 rings (SSSR count). The molecule has 0 aliphatic carbocycles. The summed E-state index contributed by atoms with van der Waals surface area (Å²) >= 11 is 0. The summed E-state index contributed by atoms with van der Waals surface area (Å²) in [5.41, 5.74) is 0.239. The molecule has 10 heteroatoms. The van der Waals surface area contributed by atoms with Crippen molar-refractivity contribution in [2.45, 2.75) is 45.3 Å². The Kier molecular flexibility index (Phi) is 6.50. The molecule has 2 aromatic rings. The second-order valence-corrected chi connectivity index (χ2v) is 8.53.